The summed E-state index contributed by atoms with van der Waals surface area (Å²) < 4.78 is 0. The van der Waals surface area contributed by atoms with Gasteiger partial charge in [-0.15, -0.1) is 0 Å². The monoisotopic (exact) mass is 138 g/mol. The van der Waals surface area contributed by atoms with Gasteiger partial charge in [0.05, 0.1) is 0 Å². The first-order chi connectivity index (χ1) is 4.92. The largest absolute Gasteiger partial charge is 0.0651 e. The molecule has 0 heterocycles. The molecule has 2 rings (SSSR count). The van der Waals surface area contributed by atoms with Crippen LogP contribution >= 0.6 is 0 Å². The Kier molecular flexibility index (Phi) is 1.71. The van der Waals surface area contributed by atoms with Gasteiger partial charge in [-0.25, -0.2) is 0 Å². The average molecular weight is 138 g/mol. The third-order valence-electron chi connectivity index (χ3n) is 3.76. The lowest BCUT2D eigenvalue weighted by atomic mass is 9.60. The molecular formula is C10H18. The second-order valence-electron chi connectivity index (χ2n) is 4.10. The number of hydrogen-bond donors (Lipinski definition) is 0. The van der Waals surface area contributed by atoms with Crippen LogP contribution < -0.4 is 0 Å². The maximum atomic E-state index is 2.36. The van der Waals surface area contributed by atoms with Crippen molar-refractivity contribution in [2.45, 2.75) is 45.4 Å². The van der Waals surface area contributed by atoms with Gasteiger partial charge in [-0.05, 0) is 30.6 Å². The van der Waals surface area contributed by atoms with Crippen LogP contribution in [0.15, 0.2) is 0 Å². The summed E-state index contributed by atoms with van der Waals surface area (Å²) in [7, 11) is 0. The van der Waals surface area contributed by atoms with Crippen molar-refractivity contribution in [1.29, 1.82) is 0 Å². The van der Waals surface area contributed by atoms with Crippen LogP contribution in [0.25, 0.3) is 0 Å². The molecule has 0 aliphatic heterocycles. The zero-order valence-electron chi connectivity index (χ0n) is 6.97. The van der Waals surface area contributed by atoms with Crippen LogP contribution in [0, 0.1) is 17.8 Å². The van der Waals surface area contributed by atoms with Gasteiger partial charge in [-0.2, -0.15) is 0 Å². The first-order valence-electron chi connectivity index (χ1n) is 4.92. The molecule has 2 aliphatic rings. The second-order valence-corrected chi connectivity index (χ2v) is 4.10. The summed E-state index contributed by atoms with van der Waals surface area (Å²) >= 11 is 0. The lowest BCUT2D eigenvalue weighted by molar-refractivity contribution is 0.0537. The first kappa shape index (κ1) is 6.69. The minimum Gasteiger partial charge on any atom is -0.0651 e. The molecule has 0 aromatic heterocycles. The van der Waals surface area contributed by atoms with Gasteiger partial charge in [0, 0.05) is 0 Å². The predicted molar refractivity (Wildman–Crippen MR) is 43.8 cm³/mol. The molecule has 10 heavy (non-hydrogen) atoms. The van der Waals surface area contributed by atoms with E-state index in [1.54, 1.807) is 19.3 Å². The minimum atomic E-state index is 1.13. The fraction of sp³-hybridized carbons (Fsp3) is 1.00. The molecule has 58 valence electrons. The Hall–Kier alpha value is 0. The van der Waals surface area contributed by atoms with Crippen molar-refractivity contribution in [3.8, 4) is 0 Å². The zero-order valence-corrected chi connectivity index (χ0v) is 6.97. The summed E-state index contributed by atoms with van der Waals surface area (Å²) in [6, 6.07) is 0. The molecule has 2 unspecified atom stereocenters. The zero-order chi connectivity index (χ0) is 6.97. The molecule has 0 spiro atoms. The summed E-state index contributed by atoms with van der Waals surface area (Å²) in [5, 5.41) is 0. The molecule has 2 aliphatic carbocycles. The normalized spacial score (nSPS) is 40.5. The van der Waals surface area contributed by atoms with Crippen LogP contribution in [0.1, 0.15) is 45.4 Å². The Morgan fingerprint density at radius 2 is 1.90 bits per heavy atom. The van der Waals surface area contributed by atoms with Crippen LogP contribution in [-0.4, -0.2) is 0 Å². The third kappa shape index (κ3) is 0.889. The summed E-state index contributed by atoms with van der Waals surface area (Å²) in [4.78, 5) is 0. The lowest BCUT2D eigenvalue weighted by Crippen LogP contribution is -2.35. The van der Waals surface area contributed by atoms with E-state index in [0.29, 0.717) is 0 Å². The highest BCUT2D eigenvalue weighted by Crippen LogP contribution is 2.48. The van der Waals surface area contributed by atoms with E-state index >= 15 is 0 Å². The summed E-state index contributed by atoms with van der Waals surface area (Å²) in [6.07, 6.45) is 9.18. The third-order valence-corrected chi connectivity index (χ3v) is 3.76. The van der Waals surface area contributed by atoms with E-state index in [-0.39, 0.29) is 0 Å². The molecule has 0 heteroatoms. The van der Waals surface area contributed by atoms with Gasteiger partial charge in [0.1, 0.15) is 0 Å². The van der Waals surface area contributed by atoms with Crippen LogP contribution in [0.2, 0.25) is 0 Å². The Balaban J connectivity index is 1.81. The standard InChI is InChI=1S/C10H18/c1-2-8-6-7-10(8)9-4-3-5-9/h8-10H,2-7H2,1H3. The summed E-state index contributed by atoms with van der Waals surface area (Å²) in [5.41, 5.74) is 0. The molecule has 2 saturated carbocycles. The molecule has 0 amide bonds. The van der Waals surface area contributed by atoms with Crippen molar-refractivity contribution >= 4 is 0 Å². The molecule has 0 radical (unpaired) electrons. The lowest BCUT2D eigenvalue weighted by Gasteiger charge is -2.45. The quantitative estimate of drug-likeness (QED) is 0.549. The van der Waals surface area contributed by atoms with E-state index in [1.807, 2.05) is 0 Å². The van der Waals surface area contributed by atoms with Crippen LogP contribution in [0.5, 0.6) is 0 Å². The van der Waals surface area contributed by atoms with Gasteiger partial charge in [0.15, 0.2) is 0 Å². The van der Waals surface area contributed by atoms with Crippen LogP contribution in [0.3, 0.4) is 0 Å². The molecule has 2 atom stereocenters. The topological polar surface area (TPSA) is 0 Å². The molecule has 2 fully saturated rings. The average Bonchev–Trinajstić information content (AvgIpc) is 1.77. The van der Waals surface area contributed by atoms with Gasteiger partial charge >= 0.3 is 0 Å². The van der Waals surface area contributed by atoms with Crippen molar-refractivity contribution in [2.24, 2.45) is 17.8 Å². The van der Waals surface area contributed by atoms with Gasteiger partial charge in [-0.3, -0.25) is 0 Å². The van der Waals surface area contributed by atoms with Gasteiger partial charge in [-0.1, -0.05) is 32.6 Å². The molecule has 0 aromatic carbocycles. The predicted octanol–water partition coefficient (Wildman–Crippen LogP) is 3.22. The van der Waals surface area contributed by atoms with Crippen molar-refractivity contribution in [3.05, 3.63) is 0 Å². The van der Waals surface area contributed by atoms with E-state index < -0.39 is 0 Å². The van der Waals surface area contributed by atoms with Crippen molar-refractivity contribution in [2.75, 3.05) is 0 Å². The highest BCUT2D eigenvalue weighted by molar-refractivity contribution is 4.88. The fourth-order valence-electron chi connectivity index (χ4n) is 2.59. The molecular weight excluding hydrogens is 120 g/mol. The van der Waals surface area contributed by atoms with E-state index in [0.717, 1.165) is 5.92 Å². The smallest absolute Gasteiger partial charge is 0.0357 e. The maximum Gasteiger partial charge on any atom is -0.0357 e. The summed E-state index contributed by atoms with van der Waals surface area (Å²) in [5.74, 6) is 3.46. The second kappa shape index (κ2) is 2.56. The van der Waals surface area contributed by atoms with E-state index in [9.17, 15) is 0 Å². The fourth-order valence-corrected chi connectivity index (χ4v) is 2.59. The Morgan fingerprint density at radius 3 is 2.20 bits per heavy atom. The van der Waals surface area contributed by atoms with Crippen LogP contribution in [-0.2, 0) is 0 Å². The first-order valence-corrected chi connectivity index (χ1v) is 4.92. The maximum absolute atomic E-state index is 2.36. The molecule has 0 N–H and O–H groups in total. The number of hydrogen-bond acceptors (Lipinski definition) is 0. The molecule has 0 aromatic rings. The SMILES string of the molecule is CCC1CCC1C1CCC1. The van der Waals surface area contributed by atoms with E-state index in [2.05, 4.69) is 6.92 Å². The summed E-state index contributed by atoms with van der Waals surface area (Å²) in [6.45, 7) is 2.36. The van der Waals surface area contributed by atoms with Crippen molar-refractivity contribution in [1.82, 2.24) is 0 Å². The Morgan fingerprint density at radius 1 is 1.10 bits per heavy atom. The highest BCUT2D eigenvalue weighted by Gasteiger charge is 2.37. The minimum absolute atomic E-state index is 1.13. The van der Waals surface area contributed by atoms with E-state index in [4.69, 9.17) is 0 Å². The Labute approximate surface area is 64.0 Å². The van der Waals surface area contributed by atoms with E-state index in [1.165, 1.54) is 31.1 Å². The molecule has 0 nitrogen and oxygen atoms in total. The molecule has 0 bridgehead atoms. The molecule has 0 saturated heterocycles. The van der Waals surface area contributed by atoms with Gasteiger partial charge in [0.2, 0.25) is 0 Å². The Bertz CT molecular complexity index is 103. The van der Waals surface area contributed by atoms with Gasteiger partial charge in [0.25, 0.3) is 0 Å². The van der Waals surface area contributed by atoms with Gasteiger partial charge < -0.3 is 0 Å². The van der Waals surface area contributed by atoms with Crippen LogP contribution in [0.4, 0.5) is 0 Å². The van der Waals surface area contributed by atoms with Crippen molar-refractivity contribution < 1.29 is 0 Å². The highest BCUT2D eigenvalue weighted by atomic mass is 14.4. The number of rotatable bonds is 2. The van der Waals surface area contributed by atoms with Crippen molar-refractivity contribution in [3.63, 3.8) is 0 Å².